The molecule has 0 radical (unpaired) electrons. The summed E-state index contributed by atoms with van der Waals surface area (Å²) in [5.74, 6) is 0. The summed E-state index contributed by atoms with van der Waals surface area (Å²) in [6.45, 7) is 1.79. The maximum absolute atomic E-state index is 10.5. The third-order valence-corrected chi connectivity index (χ3v) is 5.94. The zero-order valence-electron chi connectivity index (χ0n) is 9.29. The molecule has 1 saturated heterocycles. The summed E-state index contributed by atoms with van der Waals surface area (Å²) in [5.41, 5.74) is 5.59. The molecule has 1 fully saturated rings. The van der Waals surface area contributed by atoms with Gasteiger partial charge in [0.15, 0.2) is 0 Å². The number of aliphatic hydroxyl groups excluding tert-OH is 1. The van der Waals surface area contributed by atoms with Gasteiger partial charge in [-0.05, 0) is 34.8 Å². The lowest BCUT2D eigenvalue weighted by Gasteiger charge is -2.39. The van der Waals surface area contributed by atoms with Crippen molar-refractivity contribution in [2.45, 2.75) is 18.9 Å². The molecular weight excluding hydrogens is 326 g/mol. The van der Waals surface area contributed by atoms with Crippen LogP contribution in [0.2, 0.25) is 4.34 Å². The third-order valence-electron chi connectivity index (χ3n) is 3.41. The van der Waals surface area contributed by atoms with E-state index in [-0.39, 0.29) is 5.41 Å². The number of nitrogens with two attached hydrogens (primary N) is 1. The van der Waals surface area contributed by atoms with Gasteiger partial charge in [0.1, 0.15) is 4.34 Å². The van der Waals surface area contributed by atoms with E-state index >= 15 is 0 Å². The van der Waals surface area contributed by atoms with Gasteiger partial charge < -0.3 is 15.6 Å². The molecule has 2 heterocycles. The lowest BCUT2D eigenvalue weighted by Crippen LogP contribution is -2.41. The second-order valence-corrected chi connectivity index (χ2v) is 6.89. The first kappa shape index (κ1) is 13.8. The van der Waals surface area contributed by atoms with Crippen molar-refractivity contribution in [2.24, 2.45) is 11.1 Å². The van der Waals surface area contributed by atoms with Gasteiger partial charge in [0.2, 0.25) is 0 Å². The van der Waals surface area contributed by atoms with E-state index in [1.165, 1.54) is 11.3 Å². The van der Waals surface area contributed by atoms with Gasteiger partial charge in [-0.3, -0.25) is 0 Å². The lowest BCUT2D eigenvalue weighted by molar-refractivity contribution is -0.0567. The average molecular weight is 341 g/mol. The molecule has 3 N–H and O–H groups in total. The number of hydrogen-bond acceptors (Lipinski definition) is 4. The second kappa shape index (κ2) is 5.55. The highest BCUT2D eigenvalue weighted by molar-refractivity contribution is 9.10. The molecule has 0 bridgehead atoms. The van der Waals surface area contributed by atoms with Gasteiger partial charge in [0, 0.05) is 34.5 Å². The molecule has 1 aromatic heterocycles. The quantitative estimate of drug-likeness (QED) is 0.889. The van der Waals surface area contributed by atoms with Crippen molar-refractivity contribution < 1.29 is 9.84 Å². The first-order valence-corrected chi connectivity index (χ1v) is 7.48. The summed E-state index contributed by atoms with van der Waals surface area (Å²) in [7, 11) is 0. The molecule has 0 aromatic carbocycles. The van der Waals surface area contributed by atoms with Gasteiger partial charge in [0.05, 0.1) is 6.10 Å². The average Bonchev–Trinajstić information content (AvgIpc) is 2.69. The summed E-state index contributed by atoms with van der Waals surface area (Å²) in [5, 5.41) is 10.5. The predicted molar refractivity (Wildman–Crippen MR) is 73.5 cm³/mol. The molecule has 1 unspecified atom stereocenters. The molecule has 2 rings (SSSR count). The summed E-state index contributed by atoms with van der Waals surface area (Å²) in [6.07, 6.45) is 1.01. The highest BCUT2D eigenvalue weighted by Gasteiger charge is 2.40. The molecule has 17 heavy (non-hydrogen) atoms. The molecule has 0 spiro atoms. The number of hydrogen-bond donors (Lipinski definition) is 2. The Morgan fingerprint density at radius 1 is 1.59 bits per heavy atom. The van der Waals surface area contributed by atoms with E-state index in [0.717, 1.165) is 22.2 Å². The molecule has 1 atom stereocenters. The highest BCUT2D eigenvalue weighted by atomic mass is 79.9. The van der Waals surface area contributed by atoms with Crippen molar-refractivity contribution in [1.29, 1.82) is 0 Å². The zero-order valence-corrected chi connectivity index (χ0v) is 12.4. The van der Waals surface area contributed by atoms with Crippen LogP contribution in [0.4, 0.5) is 0 Å². The normalized spacial score (nSPS) is 21.4. The van der Waals surface area contributed by atoms with Crippen molar-refractivity contribution in [3.63, 3.8) is 0 Å². The van der Waals surface area contributed by atoms with Crippen LogP contribution in [0.1, 0.15) is 23.8 Å². The maximum atomic E-state index is 10.5. The second-order valence-electron chi connectivity index (χ2n) is 4.35. The summed E-state index contributed by atoms with van der Waals surface area (Å²) in [4.78, 5) is 0.870. The van der Waals surface area contributed by atoms with E-state index in [9.17, 15) is 5.11 Å². The van der Waals surface area contributed by atoms with Gasteiger partial charge in [-0.1, -0.05) is 11.6 Å². The molecule has 3 nitrogen and oxygen atoms in total. The Kier molecular flexibility index (Phi) is 4.50. The number of halogens is 2. The van der Waals surface area contributed by atoms with Gasteiger partial charge >= 0.3 is 0 Å². The van der Waals surface area contributed by atoms with Crippen LogP contribution in [-0.2, 0) is 4.74 Å². The van der Waals surface area contributed by atoms with E-state index in [2.05, 4.69) is 15.9 Å². The lowest BCUT2D eigenvalue weighted by atomic mass is 9.75. The van der Waals surface area contributed by atoms with E-state index in [4.69, 9.17) is 22.1 Å². The van der Waals surface area contributed by atoms with Crippen molar-refractivity contribution in [2.75, 3.05) is 19.8 Å². The number of thiophene rings is 1. The van der Waals surface area contributed by atoms with Gasteiger partial charge in [0.25, 0.3) is 0 Å². The molecule has 0 aliphatic carbocycles. The van der Waals surface area contributed by atoms with Crippen LogP contribution in [0.5, 0.6) is 0 Å². The first-order chi connectivity index (χ1) is 8.09. The minimum atomic E-state index is -0.565. The zero-order chi connectivity index (χ0) is 12.5. The fourth-order valence-electron chi connectivity index (χ4n) is 2.17. The molecule has 6 heteroatoms. The number of rotatable bonds is 3. The third kappa shape index (κ3) is 2.69. The topological polar surface area (TPSA) is 55.5 Å². The van der Waals surface area contributed by atoms with Gasteiger partial charge in [-0.15, -0.1) is 11.3 Å². The monoisotopic (exact) mass is 339 g/mol. The molecule has 1 aliphatic rings. The molecule has 96 valence electrons. The smallest absolute Gasteiger partial charge is 0.107 e. The SMILES string of the molecule is NCC1(C(O)c2cc(Br)c(Cl)s2)CCOCC1. The van der Waals surface area contributed by atoms with E-state index in [0.29, 0.717) is 24.1 Å². The maximum Gasteiger partial charge on any atom is 0.107 e. The molecule has 1 aliphatic heterocycles. The van der Waals surface area contributed by atoms with Crippen LogP contribution >= 0.6 is 38.9 Å². The Morgan fingerprint density at radius 2 is 2.24 bits per heavy atom. The first-order valence-electron chi connectivity index (χ1n) is 5.50. The van der Waals surface area contributed by atoms with Crippen LogP contribution in [0.15, 0.2) is 10.5 Å². The Bertz CT molecular complexity index is 373. The number of ether oxygens (including phenoxy) is 1. The van der Waals surface area contributed by atoms with Crippen molar-refractivity contribution in [1.82, 2.24) is 0 Å². The fourth-order valence-corrected chi connectivity index (χ4v) is 4.03. The number of aliphatic hydroxyl groups is 1. The Labute approximate surface area is 118 Å². The predicted octanol–water partition coefficient (Wildman–Crippen LogP) is 2.95. The van der Waals surface area contributed by atoms with Crippen molar-refractivity contribution >= 4 is 38.9 Å². The Hall–Kier alpha value is 0.350. The van der Waals surface area contributed by atoms with Crippen LogP contribution in [0.3, 0.4) is 0 Å². The van der Waals surface area contributed by atoms with E-state index < -0.39 is 6.10 Å². The van der Waals surface area contributed by atoms with Crippen LogP contribution < -0.4 is 5.73 Å². The summed E-state index contributed by atoms with van der Waals surface area (Å²) < 4.78 is 6.84. The van der Waals surface area contributed by atoms with Crippen LogP contribution in [0.25, 0.3) is 0 Å². The Balaban J connectivity index is 2.24. The molecule has 0 amide bonds. The largest absolute Gasteiger partial charge is 0.387 e. The summed E-state index contributed by atoms with van der Waals surface area (Å²) in [6, 6.07) is 1.88. The van der Waals surface area contributed by atoms with Gasteiger partial charge in [-0.25, -0.2) is 0 Å². The van der Waals surface area contributed by atoms with E-state index in [1.54, 1.807) is 0 Å². The van der Waals surface area contributed by atoms with Crippen molar-refractivity contribution in [3.05, 3.63) is 19.8 Å². The standard InChI is InChI=1S/C11H15BrClNO2S/c12-7-5-8(17-10(7)13)9(15)11(6-14)1-3-16-4-2-11/h5,9,15H,1-4,6,14H2. The van der Waals surface area contributed by atoms with Gasteiger partial charge in [-0.2, -0.15) is 0 Å². The molecule has 0 saturated carbocycles. The fraction of sp³-hybridized carbons (Fsp3) is 0.636. The molecular formula is C11H15BrClNO2S. The molecule has 1 aromatic rings. The van der Waals surface area contributed by atoms with Crippen LogP contribution in [0, 0.1) is 5.41 Å². The van der Waals surface area contributed by atoms with Crippen molar-refractivity contribution in [3.8, 4) is 0 Å². The minimum Gasteiger partial charge on any atom is -0.387 e. The van der Waals surface area contributed by atoms with Crippen LogP contribution in [-0.4, -0.2) is 24.9 Å². The Morgan fingerprint density at radius 3 is 2.71 bits per heavy atom. The highest BCUT2D eigenvalue weighted by Crippen LogP contribution is 2.46. The minimum absolute atomic E-state index is 0.272. The summed E-state index contributed by atoms with van der Waals surface area (Å²) >= 11 is 10.8. The van der Waals surface area contributed by atoms with E-state index in [1.807, 2.05) is 6.07 Å².